The fourth-order valence-electron chi connectivity index (χ4n) is 2.83. The van der Waals surface area contributed by atoms with Gasteiger partial charge in [0.25, 0.3) is 0 Å². The molecule has 0 aliphatic rings. The molecule has 0 radical (unpaired) electrons. The smallest absolute Gasteiger partial charge is 0.124 e. The van der Waals surface area contributed by atoms with Crippen molar-refractivity contribution in [3.05, 3.63) is 95.8 Å². The number of methoxy groups -OCH3 is 1. The van der Waals surface area contributed by atoms with Gasteiger partial charge in [0.15, 0.2) is 0 Å². The first-order valence-corrected chi connectivity index (χ1v) is 7.58. The highest BCUT2D eigenvalue weighted by molar-refractivity contribution is 5.40. The van der Waals surface area contributed by atoms with Crippen LogP contribution in [0.25, 0.3) is 0 Å². The summed E-state index contributed by atoms with van der Waals surface area (Å²) in [6.07, 6.45) is 1.00. The van der Waals surface area contributed by atoms with Crippen molar-refractivity contribution in [1.29, 1.82) is 0 Å². The van der Waals surface area contributed by atoms with Gasteiger partial charge in [-0.1, -0.05) is 54.6 Å². The average molecular weight is 305 g/mol. The van der Waals surface area contributed by atoms with Gasteiger partial charge in [-0.15, -0.1) is 0 Å². The Morgan fingerprint density at radius 2 is 1.57 bits per heavy atom. The molecule has 1 heterocycles. The van der Waals surface area contributed by atoms with E-state index in [1.807, 2.05) is 72.8 Å². The van der Waals surface area contributed by atoms with Crippen LogP contribution in [0.5, 0.6) is 5.75 Å². The molecule has 2 atom stereocenters. The highest BCUT2D eigenvalue weighted by Crippen LogP contribution is 2.38. The van der Waals surface area contributed by atoms with Crippen LogP contribution in [0.4, 0.5) is 0 Å². The van der Waals surface area contributed by atoms with Gasteiger partial charge >= 0.3 is 0 Å². The van der Waals surface area contributed by atoms with Crippen molar-refractivity contribution in [2.45, 2.75) is 12.0 Å². The van der Waals surface area contributed by atoms with Crippen LogP contribution in [0, 0.1) is 0 Å². The van der Waals surface area contributed by atoms with Crippen LogP contribution in [-0.2, 0) is 0 Å². The molecule has 23 heavy (non-hydrogen) atoms. The van der Waals surface area contributed by atoms with Gasteiger partial charge in [-0.2, -0.15) is 0 Å². The van der Waals surface area contributed by atoms with E-state index in [0.29, 0.717) is 5.75 Å². The van der Waals surface area contributed by atoms with Crippen LogP contribution in [0.2, 0.25) is 0 Å². The summed E-state index contributed by atoms with van der Waals surface area (Å²) in [6.45, 7) is 0. The number of nitrogens with zero attached hydrogens (tertiary/aromatic N) is 1. The highest BCUT2D eigenvalue weighted by atomic mass is 16.5. The largest absolute Gasteiger partial charge is 0.496 e. The maximum atomic E-state index is 11.1. The quantitative estimate of drug-likeness (QED) is 0.776. The monoisotopic (exact) mass is 305 g/mol. The van der Waals surface area contributed by atoms with Gasteiger partial charge in [0.2, 0.25) is 0 Å². The normalized spacial score (nSPS) is 13.3. The number of hydrogen-bond donors (Lipinski definition) is 1. The van der Waals surface area contributed by atoms with Gasteiger partial charge in [-0.05, 0) is 23.8 Å². The molecular weight excluding hydrogens is 286 g/mol. The van der Waals surface area contributed by atoms with Gasteiger partial charge in [-0.25, -0.2) is 0 Å². The lowest BCUT2D eigenvalue weighted by molar-refractivity contribution is 0.153. The third-order valence-electron chi connectivity index (χ3n) is 3.94. The lowest BCUT2D eigenvalue weighted by atomic mass is 9.86. The first kappa shape index (κ1) is 15.3. The van der Waals surface area contributed by atoms with E-state index in [1.54, 1.807) is 13.3 Å². The molecule has 3 heteroatoms. The lowest BCUT2D eigenvalue weighted by Crippen LogP contribution is -2.14. The number of pyridine rings is 1. The van der Waals surface area contributed by atoms with Crippen LogP contribution in [-0.4, -0.2) is 17.2 Å². The molecule has 1 aromatic heterocycles. The van der Waals surface area contributed by atoms with Crippen molar-refractivity contribution >= 4 is 0 Å². The third-order valence-corrected chi connectivity index (χ3v) is 3.94. The topological polar surface area (TPSA) is 42.4 Å². The standard InChI is InChI=1S/C20H19NO2/c1-23-18-13-6-5-11-16(18)20(22)19(15-9-3-2-4-10-15)17-12-7-8-14-21-17/h2-14,19-20,22H,1H3/t19-,20+/m1/s1. The minimum absolute atomic E-state index is 0.256. The fraction of sp³-hybridized carbons (Fsp3) is 0.150. The number of benzene rings is 2. The zero-order chi connectivity index (χ0) is 16.1. The second kappa shape index (κ2) is 7.07. The van der Waals surface area contributed by atoms with E-state index in [9.17, 15) is 5.11 Å². The summed E-state index contributed by atoms with van der Waals surface area (Å²) < 4.78 is 5.41. The molecule has 3 nitrogen and oxygen atoms in total. The van der Waals surface area contributed by atoms with E-state index in [2.05, 4.69) is 4.98 Å². The Morgan fingerprint density at radius 1 is 0.870 bits per heavy atom. The Bertz CT molecular complexity index is 704. The molecule has 116 valence electrons. The van der Waals surface area contributed by atoms with Gasteiger partial charge in [0, 0.05) is 11.8 Å². The van der Waals surface area contributed by atoms with Crippen molar-refractivity contribution in [2.75, 3.05) is 7.11 Å². The minimum atomic E-state index is -0.747. The van der Waals surface area contributed by atoms with E-state index >= 15 is 0 Å². The maximum absolute atomic E-state index is 11.1. The Hall–Kier alpha value is -2.65. The van der Waals surface area contributed by atoms with Crippen LogP contribution < -0.4 is 4.74 Å². The van der Waals surface area contributed by atoms with Crippen LogP contribution in [0.15, 0.2) is 79.0 Å². The molecule has 3 aromatic rings. The van der Waals surface area contributed by atoms with Crippen molar-refractivity contribution < 1.29 is 9.84 Å². The third kappa shape index (κ3) is 3.25. The van der Waals surface area contributed by atoms with E-state index in [0.717, 1.165) is 16.8 Å². The van der Waals surface area contributed by atoms with E-state index in [4.69, 9.17) is 4.74 Å². The summed E-state index contributed by atoms with van der Waals surface area (Å²) >= 11 is 0. The Balaban J connectivity index is 2.08. The molecule has 0 aliphatic heterocycles. The van der Waals surface area contributed by atoms with Crippen molar-refractivity contribution in [3.63, 3.8) is 0 Å². The number of aromatic nitrogens is 1. The molecule has 2 aromatic carbocycles. The minimum Gasteiger partial charge on any atom is -0.496 e. The second-order valence-corrected chi connectivity index (χ2v) is 5.33. The van der Waals surface area contributed by atoms with Crippen LogP contribution >= 0.6 is 0 Å². The van der Waals surface area contributed by atoms with E-state index < -0.39 is 6.10 Å². The molecule has 0 bridgehead atoms. The molecule has 0 spiro atoms. The molecule has 0 aliphatic carbocycles. The van der Waals surface area contributed by atoms with E-state index in [1.165, 1.54) is 0 Å². The Labute approximate surface area is 136 Å². The van der Waals surface area contributed by atoms with Gasteiger partial charge < -0.3 is 9.84 Å². The molecule has 0 unspecified atom stereocenters. The van der Waals surface area contributed by atoms with Gasteiger partial charge in [0.05, 0.1) is 24.8 Å². The molecule has 1 N–H and O–H groups in total. The van der Waals surface area contributed by atoms with Crippen molar-refractivity contribution in [1.82, 2.24) is 4.98 Å². The first-order chi connectivity index (χ1) is 11.3. The SMILES string of the molecule is COc1ccccc1[C@H](O)[C@H](c1ccccc1)c1ccccn1. The summed E-state index contributed by atoms with van der Waals surface area (Å²) in [5.41, 5.74) is 2.61. The first-order valence-electron chi connectivity index (χ1n) is 7.58. The Morgan fingerprint density at radius 3 is 2.26 bits per heavy atom. The number of rotatable bonds is 5. The molecule has 0 amide bonds. The number of aliphatic hydroxyl groups is 1. The van der Waals surface area contributed by atoms with Gasteiger partial charge in [0.1, 0.15) is 5.75 Å². The molecule has 0 saturated heterocycles. The molecule has 0 fully saturated rings. The summed E-state index contributed by atoms with van der Waals surface area (Å²) in [6, 6.07) is 23.2. The number of hydrogen-bond acceptors (Lipinski definition) is 3. The zero-order valence-electron chi connectivity index (χ0n) is 13.0. The lowest BCUT2D eigenvalue weighted by Gasteiger charge is -2.24. The maximum Gasteiger partial charge on any atom is 0.124 e. The zero-order valence-corrected chi connectivity index (χ0v) is 13.0. The summed E-state index contributed by atoms with van der Waals surface area (Å²) in [4.78, 5) is 4.46. The summed E-state index contributed by atoms with van der Waals surface area (Å²) in [7, 11) is 1.61. The second-order valence-electron chi connectivity index (χ2n) is 5.33. The van der Waals surface area contributed by atoms with Crippen LogP contribution in [0.1, 0.15) is 28.8 Å². The molecule has 0 saturated carbocycles. The predicted molar refractivity (Wildman–Crippen MR) is 90.5 cm³/mol. The summed E-state index contributed by atoms with van der Waals surface area (Å²) in [5.74, 6) is 0.422. The molecule has 3 rings (SSSR count). The predicted octanol–water partition coefficient (Wildman–Crippen LogP) is 3.96. The summed E-state index contributed by atoms with van der Waals surface area (Å²) in [5, 5.41) is 11.1. The number of para-hydroxylation sites is 1. The van der Waals surface area contributed by atoms with Crippen LogP contribution in [0.3, 0.4) is 0 Å². The van der Waals surface area contributed by atoms with Crippen molar-refractivity contribution in [3.8, 4) is 5.75 Å². The van der Waals surface area contributed by atoms with Gasteiger partial charge in [-0.3, -0.25) is 4.98 Å². The van der Waals surface area contributed by atoms with E-state index in [-0.39, 0.29) is 5.92 Å². The number of ether oxygens (including phenoxy) is 1. The Kier molecular flexibility index (Phi) is 4.69. The van der Waals surface area contributed by atoms with Crippen molar-refractivity contribution in [2.24, 2.45) is 0 Å². The fourth-order valence-corrected chi connectivity index (χ4v) is 2.83. The number of aliphatic hydroxyl groups excluding tert-OH is 1. The molecular formula is C20H19NO2. The highest BCUT2D eigenvalue weighted by Gasteiger charge is 2.27. The average Bonchev–Trinajstić information content (AvgIpc) is 2.63.